The van der Waals surface area contributed by atoms with Gasteiger partial charge in [0.2, 0.25) is 0 Å². The van der Waals surface area contributed by atoms with Crippen molar-refractivity contribution in [2.75, 3.05) is 18.5 Å². The van der Waals surface area contributed by atoms with E-state index in [9.17, 15) is 4.79 Å². The fourth-order valence-electron chi connectivity index (χ4n) is 4.90. The molecule has 194 valence electrons. The number of esters is 1. The Bertz CT molecular complexity index is 1240. The Morgan fingerprint density at radius 1 is 1.03 bits per heavy atom. The van der Waals surface area contributed by atoms with E-state index in [1.54, 1.807) is 12.1 Å². The Balaban J connectivity index is 1.56. The minimum Gasteiger partial charge on any atom is -0.489 e. The quantitative estimate of drug-likeness (QED) is 0.290. The van der Waals surface area contributed by atoms with Gasteiger partial charge in [0.25, 0.3) is 0 Å². The number of allylic oxidation sites excluding steroid dienone is 2. The molecule has 4 rings (SSSR count). The van der Waals surface area contributed by atoms with Crippen molar-refractivity contribution in [1.29, 1.82) is 0 Å². The van der Waals surface area contributed by atoms with Crippen molar-refractivity contribution in [1.82, 2.24) is 0 Å². The molecule has 0 saturated heterocycles. The van der Waals surface area contributed by atoms with Crippen LogP contribution in [0.3, 0.4) is 0 Å². The van der Waals surface area contributed by atoms with E-state index < -0.39 is 0 Å². The van der Waals surface area contributed by atoms with Gasteiger partial charge in [-0.1, -0.05) is 64.1 Å². The van der Waals surface area contributed by atoms with E-state index in [0.29, 0.717) is 24.7 Å². The zero-order valence-corrected chi connectivity index (χ0v) is 22.8. The topological polar surface area (TPSA) is 47.6 Å². The Hall–Kier alpha value is -3.53. The lowest BCUT2D eigenvalue weighted by molar-refractivity contribution is 0.0526. The van der Waals surface area contributed by atoms with Crippen molar-refractivity contribution in [3.63, 3.8) is 0 Å². The van der Waals surface area contributed by atoms with E-state index in [1.807, 2.05) is 37.3 Å². The van der Waals surface area contributed by atoms with Crippen LogP contribution in [0.1, 0.15) is 73.7 Å². The van der Waals surface area contributed by atoms with E-state index in [0.717, 1.165) is 36.4 Å². The second kappa shape index (κ2) is 11.7. The average Bonchev–Trinajstić information content (AvgIpc) is 2.88. The molecule has 0 aromatic heterocycles. The molecular formula is C33H39NO3. The van der Waals surface area contributed by atoms with Crippen molar-refractivity contribution in [3.8, 4) is 5.75 Å². The monoisotopic (exact) mass is 497 g/mol. The van der Waals surface area contributed by atoms with Crippen LogP contribution in [0.15, 0.2) is 72.8 Å². The number of nitrogens with one attached hydrogen (secondary N) is 1. The summed E-state index contributed by atoms with van der Waals surface area (Å²) < 4.78 is 11.5. The van der Waals surface area contributed by atoms with Gasteiger partial charge in [0.05, 0.1) is 12.2 Å². The van der Waals surface area contributed by atoms with Gasteiger partial charge in [0.15, 0.2) is 0 Å². The molecule has 0 amide bonds. The lowest BCUT2D eigenvalue weighted by Gasteiger charge is -2.34. The summed E-state index contributed by atoms with van der Waals surface area (Å²) in [4.78, 5) is 11.9. The number of ether oxygens (including phenoxy) is 2. The summed E-state index contributed by atoms with van der Waals surface area (Å²) in [6.07, 6.45) is 4.28. The molecule has 0 saturated carbocycles. The molecule has 1 aliphatic carbocycles. The molecule has 0 unspecified atom stereocenters. The lowest BCUT2D eigenvalue weighted by Crippen LogP contribution is -2.23. The number of rotatable bonds is 10. The molecule has 0 spiro atoms. The Morgan fingerprint density at radius 3 is 2.43 bits per heavy atom. The van der Waals surface area contributed by atoms with Gasteiger partial charge in [0, 0.05) is 12.2 Å². The van der Waals surface area contributed by atoms with Crippen molar-refractivity contribution >= 4 is 17.2 Å². The van der Waals surface area contributed by atoms with Gasteiger partial charge >= 0.3 is 5.97 Å². The zero-order valence-electron chi connectivity index (χ0n) is 22.8. The third kappa shape index (κ3) is 6.43. The Labute approximate surface area is 221 Å². The highest BCUT2D eigenvalue weighted by molar-refractivity contribution is 5.89. The summed E-state index contributed by atoms with van der Waals surface area (Å²) in [5.41, 5.74) is 8.11. The number of fused-ring (bicyclic) bond motifs is 1. The second-order valence-electron chi connectivity index (χ2n) is 10.7. The van der Waals surface area contributed by atoms with E-state index in [4.69, 9.17) is 9.47 Å². The number of benzene rings is 3. The van der Waals surface area contributed by atoms with Gasteiger partial charge in [-0.15, -0.1) is 0 Å². The van der Waals surface area contributed by atoms with Crippen molar-refractivity contribution < 1.29 is 14.3 Å². The third-order valence-corrected chi connectivity index (χ3v) is 7.05. The van der Waals surface area contributed by atoms with Crippen LogP contribution in [0, 0.1) is 5.92 Å². The van der Waals surface area contributed by atoms with Crippen LogP contribution in [0.4, 0.5) is 5.69 Å². The standard InChI is InChI=1S/C33H39NO3/c1-6-36-32(35)25-12-14-27(15-13-25)34-19-17-26-20-29-28(23(2)3)16-18-33(4,5)30(29)21-31(26)37-22-24-10-8-7-9-11-24/h7-16,20-21,23,34H,6,17-19,22H2,1-5H3. The minimum absolute atomic E-state index is 0.0655. The normalized spacial score (nSPS) is 14.1. The summed E-state index contributed by atoms with van der Waals surface area (Å²) in [6.45, 7) is 12.7. The maximum atomic E-state index is 11.9. The van der Waals surface area contributed by atoms with Gasteiger partial charge in [-0.05, 0) is 95.3 Å². The van der Waals surface area contributed by atoms with Gasteiger partial charge in [-0.2, -0.15) is 0 Å². The number of anilines is 1. The summed E-state index contributed by atoms with van der Waals surface area (Å²) in [5, 5.41) is 3.50. The van der Waals surface area contributed by atoms with Crippen LogP contribution >= 0.6 is 0 Å². The first-order valence-corrected chi connectivity index (χ1v) is 13.3. The van der Waals surface area contributed by atoms with Gasteiger partial charge in [-0.25, -0.2) is 4.79 Å². The first-order valence-electron chi connectivity index (χ1n) is 13.3. The van der Waals surface area contributed by atoms with E-state index >= 15 is 0 Å². The third-order valence-electron chi connectivity index (χ3n) is 7.05. The molecular weight excluding hydrogens is 458 g/mol. The van der Waals surface area contributed by atoms with Crippen LogP contribution in [-0.2, 0) is 23.2 Å². The van der Waals surface area contributed by atoms with Crippen molar-refractivity contribution in [2.45, 2.75) is 59.5 Å². The first-order chi connectivity index (χ1) is 17.8. The maximum Gasteiger partial charge on any atom is 0.338 e. The molecule has 0 fully saturated rings. The number of hydrogen-bond donors (Lipinski definition) is 1. The molecule has 1 N–H and O–H groups in total. The molecule has 0 bridgehead atoms. The van der Waals surface area contributed by atoms with Crippen molar-refractivity contribution in [2.24, 2.45) is 5.92 Å². The molecule has 0 radical (unpaired) electrons. The molecule has 1 aliphatic rings. The smallest absolute Gasteiger partial charge is 0.338 e. The molecule has 0 heterocycles. The molecule has 4 heteroatoms. The predicted octanol–water partition coefficient (Wildman–Crippen LogP) is 7.82. The molecule has 0 aliphatic heterocycles. The minimum atomic E-state index is -0.291. The van der Waals surface area contributed by atoms with Crippen LogP contribution in [0.25, 0.3) is 5.57 Å². The second-order valence-corrected chi connectivity index (χ2v) is 10.7. The Kier molecular flexibility index (Phi) is 8.38. The molecule has 3 aromatic carbocycles. The summed E-state index contributed by atoms with van der Waals surface area (Å²) >= 11 is 0. The predicted molar refractivity (Wildman–Crippen MR) is 152 cm³/mol. The van der Waals surface area contributed by atoms with Crippen LogP contribution in [-0.4, -0.2) is 19.1 Å². The van der Waals surface area contributed by atoms with Gasteiger partial charge in [0.1, 0.15) is 12.4 Å². The van der Waals surface area contributed by atoms with Gasteiger partial charge in [-0.3, -0.25) is 0 Å². The van der Waals surface area contributed by atoms with Crippen LogP contribution in [0.5, 0.6) is 5.75 Å². The summed E-state index contributed by atoms with van der Waals surface area (Å²) in [5.74, 6) is 1.13. The Morgan fingerprint density at radius 2 is 1.76 bits per heavy atom. The van der Waals surface area contributed by atoms with E-state index in [-0.39, 0.29) is 11.4 Å². The maximum absolute atomic E-state index is 11.9. The average molecular weight is 498 g/mol. The highest BCUT2D eigenvalue weighted by Crippen LogP contribution is 2.44. The highest BCUT2D eigenvalue weighted by atomic mass is 16.5. The largest absolute Gasteiger partial charge is 0.489 e. The summed E-state index contributed by atoms with van der Waals surface area (Å²) in [7, 11) is 0. The van der Waals surface area contributed by atoms with Crippen LogP contribution in [0.2, 0.25) is 0 Å². The highest BCUT2D eigenvalue weighted by Gasteiger charge is 2.30. The number of carbonyl (C=O) groups is 1. The lowest BCUT2D eigenvalue weighted by atomic mass is 9.71. The van der Waals surface area contributed by atoms with Crippen LogP contribution < -0.4 is 10.1 Å². The zero-order chi connectivity index (χ0) is 26.4. The van der Waals surface area contributed by atoms with E-state index in [1.165, 1.54) is 22.3 Å². The number of carbonyl (C=O) groups excluding carboxylic acids is 1. The SMILES string of the molecule is CCOC(=O)c1ccc(NCCc2cc3c(cc2OCc2ccccc2)C(C)(C)CC=C3C(C)C)cc1. The first kappa shape index (κ1) is 26.5. The number of hydrogen-bond acceptors (Lipinski definition) is 4. The molecule has 3 aromatic rings. The molecule has 4 nitrogen and oxygen atoms in total. The summed E-state index contributed by atoms with van der Waals surface area (Å²) in [6, 6.07) is 22.4. The molecule has 0 atom stereocenters. The fourth-order valence-corrected chi connectivity index (χ4v) is 4.90. The van der Waals surface area contributed by atoms with Gasteiger partial charge < -0.3 is 14.8 Å². The fraction of sp³-hybridized carbons (Fsp3) is 0.364. The van der Waals surface area contributed by atoms with E-state index in [2.05, 4.69) is 63.4 Å². The molecule has 37 heavy (non-hydrogen) atoms. The van der Waals surface area contributed by atoms with Crippen molar-refractivity contribution in [3.05, 3.63) is 101 Å².